The molecule has 0 aromatic heterocycles. The van der Waals surface area contributed by atoms with E-state index >= 15 is 0 Å². The molecule has 1 saturated carbocycles. The summed E-state index contributed by atoms with van der Waals surface area (Å²) in [4.78, 5) is 2.51. The Hall–Kier alpha value is -0.0400. The lowest BCUT2D eigenvalue weighted by atomic mass is 9.67. The van der Waals surface area contributed by atoms with Gasteiger partial charge >= 0.3 is 0 Å². The van der Waals surface area contributed by atoms with Crippen molar-refractivity contribution in [2.75, 3.05) is 20.1 Å². The molecule has 0 radical (unpaired) electrons. The smallest absolute Gasteiger partial charge is 0.00408 e. The normalized spacial score (nSPS) is 47.1. The van der Waals surface area contributed by atoms with Crippen molar-refractivity contribution < 1.29 is 0 Å². The Balaban J connectivity index is 0.000000461. The molecule has 1 nitrogen and oxygen atoms in total. The number of likely N-dealkylation sites (tertiary alicyclic amines) is 1. The molecule has 1 aliphatic heterocycles. The summed E-state index contributed by atoms with van der Waals surface area (Å²) in [7, 11) is 2.27. The fourth-order valence-corrected chi connectivity index (χ4v) is 3.55. The molecule has 0 bridgehead atoms. The van der Waals surface area contributed by atoms with Crippen LogP contribution in [0.4, 0.5) is 0 Å². The van der Waals surface area contributed by atoms with Crippen LogP contribution in [0.3, 0.4) is 0 Å². The molecule has 0 aromatic carbocycles. The summed E-state index contributed by atoms with van der Waals surface area (Å²) in [6, 6.07) is 0. The van der Waals surface area contributed by atoms with Crippen LogP contribution in [-0.2, 0) is 0 Å². The number of hydrogen-bond acceptors (Lipinski definition) is 1. The van der Waals surface area contributed by atoms with Gasteiger partial charge < -0.3 is 4.90 Å². The second kappa shape index (κ2) is 3.84. The number of fused-ring (bicyclic) bond motifs is 1. The largest absolute Gasteiger partial charge is 0.305 e. The molecule has 0 N–H and O–H groups in total. The monoisotopic (exact) mass is 197 g/mol. The van der Waals surface area contributed by atoms with Gasteiger partial charge in [-0.1, -0.05) is 34.6 Å². The zero-order valence-corrected chi connectivity index (χ0v) is 10.9. The van der Waals surface area contributed by atoms with Gasteiger partial charge in [0.2, 0.25) is 0 Å². The highest BCUT2D eigenvalue weighted by molar-refractivity contribution is 5.07. The second-order valence-corrected chi connectivity index (χ2v) is 5.59. The molecule has 1 heteroatoms. The molecule has 84 valence electrons. The van der Waals surface area contributed by atoms with Gasteiger partial charge in [0, 0.05) is 13.1 Å². The van der Waals surface area contributed by atoms with Gasteiger partial charge in [-0.15, -0.1) is 0 Å². The summed E-state index contributed by atoms with van der Waals surface area (Å²) in [5, 5.41) is 0. The fourth-order valence-electron chi connectivity index (χ4n) is 3.55. The topological polar surface area (TPSA) is 3.24 Å². The molecule has 3 unspecified atom stereocenters. The lowest BCUT2D eigenvalue weighted by Crippen LogP contribution is -2.34. The van der Waals surface area contributed by atoms with Gasteiger partial charge in [0.05, 0.1) is 0 Å². The second-order valence-electron chi connectivity index (χ2n) is 5.59. The van der Waals surface area contributed by atoms with E-state index in [0.29, 0.717) is 10.8 Å². The predicted octanol–water partition coefficient (Wildman–Crippen LogP) is 3.40. The lowest BCUT2D eigenvalue weighted by molar-refractivity contribution is 0.139. The van der Waals surface area contributed by atoms with Gasteiger partial charge in [-0.25, -0.2) is 0 Å². The maximum absolute atomic E-state index is 2.51. The first-order valence-electron chi connectivity index (χ1n) is 6.16. The van der Waals surface area contributed by atoms with Gasteiger partial charge in [-0.05, 0) is 36.6 Å². The summed E-state index contributed by atoms with van der Waals surface area (Å²) in [5.41, 5.74) is 1.21. The van der Waals surface area contributed by atoms with Crippen LogP contribution in [0.5, 0.6) is 0 Å². The van der Waals surface area contributed by atoms with E-state index in [-0.39, 0.29) is 0 Å². The van der Waals surface area contributed by atoms with Crippen LogP contribution in [0.15, 0.2) is 0 Å². The molecule has 1 heterocycles. The van der Waals surface area contributed by atoms with E-state index in [1.807, 2.05) is 13.8 Å². The Kier molecular flexibility index (Phi) is 3.30. The van der Waals surface area contributed by atoms with E-state index in [9.17, 15) is 0 Å². The highest BCUT2D eigenvalue weighted by Gasteiger charge is 2.57. The molecule has 3 atom stereocenters. The molecular weight excluding hydrogens is 170 g/mol. The third-order valence-electron chi connectivity index (χ3n) is 4.81. The molecule has 2 rings (SSSR count). The van der Waals surface area contributed by atoms with E-state index < -0.39 is 0 Å². The van der Waals surface area contributed by atoms with E-state index in [2.05, 4.69) is 32.7 Å². The summed E-state index contributed by atoms with van der Waals surface area (Å²) in [5.74, 6) is 0.924. The van der Waals surface area contributed by atoms with Crippen molar-refractivity contribution in [2.45, 2.75) is 47.5 Å². The van der Waals surface area contributed by atoms with E-state index in [4.69, 9.17) is 0 Å². The maximum Gasteiger partial charge on any atom is 0.00408 e. The molecular formula is C13H27N. The average molecular weight is 197 g/mol. The van der Waals surface area contributed by atoms with Crippen molar-refractivity contribution in [3.63, 3.8) is 0 Å². The quantitative estimate of drug-likeness (QED) is 0.575. The van der Waals surface area contributed by atoms with Gasteiger partial charge in [-0.3, -0.25) is 0 Å². The van der Waals surface area contributed by atoms with Crippen molar-refractivity contribution in [1.29, 1.82) is 0 Å². The van der Waals surface area contributed by atoms with Crippen molar-refractivity contribution in [3.05, 3.63) is 0 Å². The van der Waals surface area contributed by atoms with Crippen LogP contribution in [-0.4, -0.2) is 25.0 Å². The Morgan fingerprint density at radius 3 is 2.21 bits per heavy atom. The first-order chi connectivity index (χ1) is 6.48. The Labute approximate surface area is 89.9 Å². The molecule has 0 aromatic rings. The number of nitrogens with zero attached hydrogens (tertiary/aromatic N) is 1. The van der Waals surface area contributed by atoms with Gasteiger partial charge in [0.25, 0.3) is 0 Å². The molecule has 0 amide bonds. The molecule has 1 aliphatic carbocycles. The summed E-state index contributed by atoms with van der Waals surface area (Å²) < 4.78 is 0. The van der Waals surface area contributed by atoms with Gasteiger partial charge in [0.15, 0.2) is 0 Å². The Bertz CT molecular complexity index is 201. The first-order valence-corrected chi connectivity index (χ1v) is 6.16. The third kappa shape index (κ3) is 1.50. The number of rotatable bonds is 0. The third-order valence-corrected chi connectivity index (χ3v) is 4.81. The van der Waals surface area contributed by atoms with Crippen molar-refractivity contribution in [2.24, 2.45) is 16.7 Å². The highest BCUT2D eigenvalue weighted by atomic mass is 15.2. The van der Waals surface area contributed by atoms with Crippen LogP contribution in [0, 0.1) is 16.7 Å². The van der Waals surface area contributed by atoms with Crippen LogP contribution in [0.1, 0.15) is 47.5 Å². The highest BCUT2D eigenvalue weighted by Crippen LogP contribution is 2.59. The minimum atomic E-state index is 0.599. The molecule has 1 saturated heterocycles. The summed E-state index contributed by atoms with van der Waals surface area (Å²) in [6.45, 7) is 14.0. The zero-order chi connectivity index (χ0) is 11.0. The summed E-state index contributed by atoms with van der Waals surface area (Å²) in [6.07, 6.45) is 2.88. The zero-order valence-electron chi connectivity index (χ0n) is 10.9. The Morgan fingerprint density at radius 2 is 1.71 bits per heavy atom. The first kappa shape index (κ1) is 12.0. The minimum absolute atomic E-state index is 0.599. The predicted molar refractivity (Wildman–Crippen MR) is 63.5 cm³/mol. The molecule has 14 heavy (non-hydrogen) atoms. The van der Waals surface area contributed by atoms with Gasteiger partial charge in [-0.2, -0.15) is 0 Å². The summed E-state index contributed by atoms with van der Waals surface area (Å²) >= 11 is 0. The fraction of sp³-hybridized carbons (Fsp3) is 1.00. The maximum atomic E-state index is 2.51. The van der Waals surface area contributed by atoms with Crippen molar-refractivity contribution in [3.8, 4) is 0 Å². The molecule has 2 fully saturated rings. The van der Waals surface area contributed by atoms with Gasteiger partial charge in [0.1, 0.15) is 0 Å². The van der Waals surface area contributed by atoms with Crippen molar-refractivity contribution in [1.82, 2.24) is 4.90 Å². The molecule has 0 spiro atoms. The van der Waals surface area contributed by atoms with Crippen LogP contribution in [0.2, 0.25) is 0 Å². The SMILES string of the molecule is CC.CC1CCC2(C)CN(C)CC12C. The Morgan fingerprint density at radius 1 is 1.14 bits per heavy atom. The van der Waals surface area contributed by atoms with Crippen LogP contribution >= 0.6 is 0 Å². The van der Waals surface area contributed by atoms with Crippen LogP contribution < -0.4 is 0 Å². The van der Waals surface area contributed by atoms with E-state index in [1.165, 1.54) is 25.9 Å². The lowest BCUT2D eigenvalue weighted by Gasteiger charge is -2.36. The minimum Gasteiger partial charge on any atom is -0.305 e. The standard InChI is InChI=1S/C11H21N.C2H6/c1-9-5-6-10(2)7-12(4)8-11(9,10)3;1-2/h9H,5-8H2,1-4H3;1-2H3. The van der Waals surface area contributed by atoms with Crippen molar-refractivity contribution >= 4 is 0 Å². The van der Waals surface area contributed by atoms with E-state index in [1.54, 1.807) is 0 Å². The number of hydrogen-bond donors (Lipinski definition) is 0. The molecule has 2 aliphatic rings. The van der Waals surface area contributed by atoms with Crippen LogP contribution in [0.25, 0.3) is 0 Å². The van der Waals surface area contributed by atoms with E-state index in [0.717, 1.165) is 5.92 Å². The average Bonchev–Trinajstić information content (AvgIpc) is 2.48.